The number of fused-ring (bicyclic) bond motifs is 2. The minimum absolute atomic E-state index is 0.00554. The Morgan fingerprint density at radius 1 is 0.869 bits per heavy atom. The molecule has 6 atom stereocenters. The molecule has 3 fully saturated rings. The maximum atomic E-state index is 14.9. The Morgan fingerprint density at radius 3 is 2.26 bits per heavy atom. The number of ketones is 1. The third-order valence-electron chi connectivity index (χ3n) is 14.1. The molecule has 2 aliphatic heterocycles. The zero-order valence-corrected chi connectivity index (χ0v) is 36.7. The molecule has 1 saturated carbocycles. The third-order valence-corrected chi connectivity index (χ3v) is 14.1. The van der Waals surface area contributed by atoms with E-state index in [1.807, 2.05) is 37.5 Å². The predicted octanol–water partition coefficient (Wildman–Crippen LogP) is 8.08. The summed E-state index contributed by atoms with van der Waals surface area (Å²) >= 11 is 0. The van der Waals surface area contributed by atoms with Crippen LogP contribution in [0.15, 0.2) is 36.4 Å². The summed E-state index contributed by atoms with van der Waals surface area (Å²) in [4.78, 5) is 67.9. The molecule has 1 aliphatic carbocycles. The molecule has 0 unspecified atom stereocenters. The smallest absolute Gasteiger partial charge is 0.245 e. The lowest BCUT2D eigenvalue weighted by molar-refractivity contribution is -0.140. The second kappa shape index (κ2) is 19.6. The van der Waals surface area contributed by atoms with Crippen LogP contribution in [-0.4, -0.2) is 92.1 Å². The molecule has 2 aromatic heterocycles. The Balaban J connectivity index is 1.24. The van der Waals surface area contributed by atoms with Crippen molar-refractivity contribution in [2.24, 2.45) is 17.8 Å². The number of likely N-dealkylation sites (tertiary alicyclic amines) is 2. The van der Waals surface area contributed by atoms with Gasteiger partial charge in [0, 0.05) is 66.9 Å². The number of likely N-dealkylation sites (N-methyl/N-ethyl adjacent to an activating group) is 1. The minimum Gasteiger partial charge on any atom is -0.352 e. The van der Waals surface area contributed by atoms with E-state index in [4.69, 9.17) is 4.98 Å². The van der Waals surface area contributed by atoms with Crippen LogP contribution in [0.3, 0.4) is 0 Å². The monoisotopic (exact) mass is 842 g/mol. The van der Waals surface area contributed by atoms with Crippen molar-refractivity contribution in [2.45, 2.75) is 148 Å². The molecular weight excluding hydrogens is 777 g/mol. The van der Waals surface area contributed by atoms with E-state index in [0.29, 0.717) is 67.0 Å². The van der Waals surface area contributed by atoms with Gasteiger partial charge in [0.15, 0.2) is 5.82 Å². The number of carbonyl (C=O) groups is 4. The highest BCUT2D eigenvalue weighted by atomic mass is 19.1. The van der Waals surface area contributed by atoms with Gasteiger partial charge in [-0.15, -0.1) is 0 Å². The number of nitrogens with zero attached hydrogens (tertiary/aromatic N) is 4. The molecule has 0 bridgehead atoms. The van der Waals surface area contributed by atoms with E-state index in [1.54, 1.807) is 19.2 Å². The van der Waals surface area contributed by atoms with Crippen LogP contribution in [0.1, 0.15) is 117 Å². The van der Waals surface area contributed by atoms with E-state index in [1.165, 1.54) is 24.3 Å². The number of aromatic nitrogens is 3. The van der Waals surface area contributed by atoms with Crippen LogP contribution in [0.2, 0.25) is 0 Å². The first-order valence-electron chi connectivity index (χ1n) is 23.0. The molecular formula is C48H65F2N7O4. The summed E-state index contributed by atoms with van der Waals surface area (Å²) in [6.07, 6.45) is 10.9. The molecule has 13 heteroatoms. The van der Waals surface area contributed by atoms with Gasteiger partial charge >= 0.3 is 0 Å². The number of rotatable bonds is 17. The highest BCUT2D eigenvalue weighted by Crippen LogP contribution is 2.38. The van der Waals surface area contributed by atoms with Crippen LogP contribution in [0.25, 0.3) is 33.5 Å². The van der Waals surface area contributed by atoms with Gasteiger partial charge in [-0.25, -0.2) is 13.8 Å². The summed E-state index contributed by atoms with van der Waals surface area (Å²) in [5.74, 6) is -0.916. The lowest BCUT2D eigenvalue weighted by Gasteiger charge is -2.35. The maximum Gasteiger partial charge on any atom is 0.245 e. The van der Waals surface area contributed by atoms with Gasteiger partial charge in [-0.1, -0.05) is 46.5 Å². The van der Waals surface area contributed by atoms with Crippen LogP contribution < -0.4 is 10.6 Å². The normalized spacial score (nSPS) is 20.6. The molecule has 0 spiro atoms. The highest BCUT2D eigenvalue weighted by molar-refractivity contribution is 5.93. The molecule has 3 amide bonds. The topological polar surface area (TPSA) is 132 Å². The molecule has 2 saturated heterocycles. The number of halogens is 2. The highest BCUT2D eigenvalue weighted by Gasteiger charge is 2.40. The van der Waals surface area contributed by atoms with E-state index in [-0.39, 0.29) is 59.9 Å². The van der Waals surface area contributed by atoms with Gasteiger partial charge in [0.1, 0.15) is 23.5 Å². The summed E-state index contributed by atoms with van der Waals surface area (Å²) in [7, 11) is 1.75. The van der Waals surface area contributed by atoms with Crippen LogP contribution in [-0.2, 0) is 32.1 Å². The molecule has 0 radical (unpaired) electrons. The molecule has 3 aliphatic rings. The molecule has 7 rings (SSSR count). The molecule has 11 nitrogen and oxygen atoms in total. The number of amides is 3. The third kappa shape index (κ3) is 9.56. The number of Topliss-reactive ketones (excluding diaryl/α,β-unsaturated/α-hetero) is 1. The second-order valence-electron chi connectivity index (χ2n) is 18.1. The number of aromatic amines is 1. The van der Waals surface area contributed by atoms with Crippen molar-refractivity contribution in [1.82, 2.24) is 35.0 Å². The van der Waals surface area contributed by atoms with Crippen LogP contribution in [0.4, 0.5) is 8.78 Å². The number of benzene rings is 2. The van der Waals surface area contributed by atoms with Crippen molar-refractivity contribution in [3.05, 3.63) is 53.6 Å². The van der Waals surface area contributed by atoms with E-state index in [9.17, 15) is 28.0 Å². The van der Waals surface area contributed by atoms with Crippen molar-refractivity contribution in [1.29, 1.82) is 0 Å². The fourth-order valence-electron chi connectivity index (χ4n) is 10.2. The van der Waals surface area contributed by atoms with Gasteiger partial charge in [0.2, 0.25) is 17.7 Å². The average Bonchev–Trinajstić information content (AvgIpc) is 4.07. The number of imidazole rings is 1. The quantitative estimate of drug-likeness (QED) is 0.0986. The van der Waals surface area contributed by atoms with Crippen LogP contribution >= 0.6 is 0 Å². The molecule has 3 N–H and O–H groups in total. The Morgan fingerprint density at radius 2 is 1.56 bits per heavy atom. The van der Waals surface area contributed by atoms with Crippen LogP contribution in [0.5, 0.6) is 0 Å². The minimum atomic E-state index is -0.593. The summed E-state index contributed by atoms with van der Waals surface area (Å²) in [6, 6.07) is 7.93. The maximum absolute atomic E-state index is 14.9. The molecule has 4 heterocycles. The van der Waals surface area contributed by atoms with Crippen molar-refractivity contribution in [2.75, 3.05) is 20.1 Å². The lowest BCUT2D eigenvalue weighted by Crippen LogP contribution is -2.55. The number of hydrogen-bond donors (Lipinski definition) is 3. The SMILES string of the molecule is CCC[C@H](CC(=O)[C@H](C)NC)C(=O)N1CCC[C@H]1Cc1c(-c2nc3cc(F)ccc3n2C[C@@H]2CCCN2C(=O)[C@@H](NC(=O)[C@H](C)CC)C2CCCCC2)[nH]c2cc(F)ccc12. The molecule has 4 aromatic rings. The Hall–Kier alpha value is -4.65. The first-order valence-corrected chi connectivity index (χ1v) is 23.0. The fraction of sp³-hybridized carbons (Fsp3) is 0.604. The first kappa shape index (κ1) is 44.4. The molecule has 330 valence electrons. The fourth-order valence-corrected chi connectivity index (χ4v) is 10.2. The van der Waals surface area contributed by atoms with Gasteiger partial charge < -0.3 is 30.0 Å². The van der Waals surface area contributed by atoms with Crippen molar-refractivity contribution in [3.8, 4) is 11.5 Å². The Bertz CT molecular complexity index is 2210. The zero-order chi connectivity index (χ0) is 43.4. The zero-order valence-electron chi connectivity index (χ0n) is 36.7. The predicted molar refractivity (Wildman–Crippen MR) is 235 cm³/mol. The van der Waals surface area contributed by atoms with E-state index >= 15 is 0 Å². The Labute approximate surface area is 358 Å². The standard InChI is InChI=1S/C48H65F2N7O4/c1-6-13-32(24-42(58)30(4)51-5)47(60)55-22-11-16-35(55)27-38-37-20-18-33(49)25-39(37)52-44(38)45-53-40-26-34(50)19-21-41(40)57(45)28-36-17-12-23-56(36)48(61)43(31-14-9-8-10-15-31)54-46(59)29(3)7-2/h18-21,25-26,29-32,35-36,43,51-52H,6-17,22-24,27-28H2,1-5H3,(H,54,59)/t29-,30+,32-,35+,36+,43+/m1/s1. The molecule has 2 aromatic carbocycles. The number of carbonyl (C=O) groups excluding carboxylic acids is 4. The van der Waals surface area contributed by atoms with Crippen molar-refractivity contribution >= 4 is 45.4 Å². The van der Waals surface area contributed by atoms with E-state index in [2.05, 4.69) is 20.2 Å². The van der Waals surface area contributed by atoms with E-state index in [0.717, 1.165) is 75.2 Å². The molecule has 61 heavy (non-hydrogen) atoms. The first-order chi connectivity index (χ1) is 29.4. The van der Waals surface area contributed by atoms with E-state index < -0.39 is 23.6 Å². The van der Waals surface area contributed by atoms with Gasteiger partial charge in [0.25, 0.3) is 0 Å². The van der Waals surface area contributed by atoms with Gasteiger partial charge in [-0.05, 0) is 114 Å². The Kier molecular flexibility index (Phi) is 14.3. The summed E-state index contributed by atoms with van der Waals surface area (Å²) in [5.41, 5.74) is 3.31. The van der Waals surface area contributed by atoms with Gasteiger partial charge in [0.05, 0.1) is 22.8 Å². The van der Waals surface area contributed by atoms with Gasteiger partial charge in [-0.3, -0.25) is 19.2 Å². The number of hydrogen-bond acceptors (Lipinski definition) is 6. The summed E-state index contributed by atoms with van der Waals surface area (Å²) in [5, 5.41) is 7.02. The second-order valence-corrected chi connectivity index (χ2v) is 18.1. The number of nitrogens with one attached hydrogen (secondary N) is 3. The average molecular weight is 842 g/mol. The van der Waals surface area contributed by atoms with Gasteiger partial charge in [-0.2, -0.15) is 0 Å². The number of H-pyrrole nitrogens is 1. The lowest BCUT2D eigenvalue weighted by atomic mass is 9.83. The largest absolute Gasteiger partial charge is 0.352 e. The summed E-state index contributed by atoms with van der Waals surface area (Å²) < 4.78 is 31.9. The van der Waals surface area contributed by atoms with Crippen molar-refractivity contribution < 1.29 is 28.0 Å². The summed E-state index contributed by atoms with van der Waals surface area (Å²) in [6.45, 7) is 9.29. The van der Waals surface area contributed by atoms with Crippen molar-refractivity contribution in [3.63, 3.8) is 0 Å². The van der Waals surface area contributed by atoms with Crippen LogP contribution in [0, 0.1) is 29.4 Å².